The van der Waals surface area contributed by atoms with Crippen molar-refractivity contribution in [3.8, 4) is 0 Å². The molecular weight excluding hydrogens is 282 g/mol. The van der Waals surface area contributed by atoms with Crippen LogP contribution in [0.15, 0.2) is 34.9 Å². The summed E-state index contributed by atoms with van der Waals surface area (Å²) in [6, 6.07) is 7.54. The van der Waals surface area contributed by atoms with Crippen molar-refractivity contribution in [3.05, 3.63) is 40.6 Å². The number of carbonyl (C=O) groups excluding carboxylic acids is 1. The van der Waals surface area contributed by atoms with Gasteiger partial charge in [-0.3, -0.25) is 0 Å². The van der Waals surface area contributed by atoms with Gasteiger partial charge in [0, 0.05) is 16.1 Å². The number of nitrogens with zero attached hydrogens (tertiary/aromatic N) is 1. The highest BCUT2D eigenvalue weighted by Crippen LogP contribution is 2.23. The van der Waals surface area contributed by atoms with Gasteiger partial charge in [-0.15, -0.1) is 0 Å². The molecule has 1 aromatic carbocycles. The third-order valence-corrected chi connectivity index (χ3v) is 2.95. The average Bonchev–Trinajstić information content (AvgIpc) is 2.28. The van der Waals surface area contributed by atoms with Gasteiger partial charge in [0.2, 0.25) is 0 Å². The van der Waals surface area contributed by atoms with E-state index in [-0.39, 0.29) is 12.1 Å². The van der Waals surface area contributed by atoms with Gasteiger partial charge in [0.15, 0.2) is 0 Å². The minimum atomic E-state index is -0.387. The number of pyridine rings is 1. The fraction of sp³-hybridized carbons (Fsp3) is 0.231. The number of aromatic nitrogens is 1. The molecule has 17 heavy (non-hydrogen) atoms. The monoisotopic (exact) mass is 293 g/mol. The van der Waals surface area contributed by atoms with Crippen LogP contribution in [0.3, 0.4) is 0 Å². The summed E-state index contributed by atoms with van der Waals surface area (Å²) in [5.74, 6) is -0.387. The first kappa shape index (κ1) is 12.0. The maximum atomic E-state index is 11.7. The fourth-order valence-electron chi connectivity index (χ4n) is 1.52. The normalized spacial score (nSPS) is 10.8. The quantitative estimate of drug-likeness (QED) is 0.795. The highest BCUT2D eigenvalue weighted by molar-refractivity contribution is 9.10. The van der Waals surface area contributed by atoms with E-state index in [4.69, 9.17) is 4.74 Å². The minimum absolute atomic E-state index is 0.137. The van der Waals surface area contributed by atoms with E-state index in [2.05, 4.69) is 20.9 Å². The number of halogens is 1. The van der Waals surface area contributed by atoms with Crippen LogP contribution in [0.4, 0.5) is 0 Å². The molecule has 0 unspecified atom stereocenters. The third-order valence-electron chi connectivity index (χ3n) is 2.26. The summed E-state index contributed by atoms with van der Waals surface area (Å²) in [6.45, 7) is 3.63. The van der Waals surface area contributed by atoms with E-state index >= 15 is 0 Å². The Bertz CT molecular complexity index is 566. The van der Waals surface area contributed by atoms with E-state index in [9.17, 15) is 4.79 Å². The Hall–Kier alpha value is -1.42. The van der Waals surface area contributed by atoms with Crippen molar-refractivity contribution < 1.29 is 9.53 Å². The molecule has 0 fully saturated rings. The molecular formula is C13H12BrNO2. The number of ether oxygens (including phenoxy) is 1. The van der Waals surface area contributed by atoms with Gasteiger partial charge >= 0.3 is 5.97 Å². The molecule has 0 N–H and O–H groups in total. The first-order chi connectivity index (χ1) is 8.08. The molecule has 0 spiro atoms. The van der Waals surface area contributed by atoms with Gasteiger partial charge in [-0.25, -0.2) is 9.78 Å². The van der Waals surface area contributed by atoms with Crippen molar-refractivity contribution in [1.29, 1.82) is 0 Å². The molecule has 0 saturated heterocycles. The largest absolute Gasteiger partial charge is 0.458 e. The molecule has 0 aliphatic rings. The molecule has 0 saturated carbocycles. The molecule has 88 valence electrons. The molecule has 1 aromatic heterocycles. The Morgan fingerprint density at radius 3 is 2.88 bits per heavy atom. The Kier molecular flexibility index (Phi) is 3.43. The number of hydrogen-bond acceptors (Lipinski definition) is 3. The standard InChI is InChI=1S/C13H12BrNO2/c1-8(2)17-13(16)12-6-9-4-3-5-11(14)10(9)7-15-12/h3-8H,1-2H3. The highest BCUT2D eigenvalue weighted by atomic mass is 79.9. The Morgan fingerprint density at radius 1 is 1.41 bits per heavy atom. The second-order valence-corrected chi connectivity index (χ2v) is 4.84. The van der Waals surface area contributed by atoms with Crippen LogP contribution in [0.5, 0.6) is 0 Å². The molecule has 0 aliphatic carbocycles. The Labute approximate surface area is 108 Å². The highest BCUT2D eigenvalue weighted by Gasteiger charge is 2.11. The lowest BCUT2D eigenvalue weighted by atomic mass is 10.1. The summed E-state index contributed by atoms with van der Waals surface area (Å²) in [5, 5.41) is 1.94. The second-order valence-electron chi connectivity index (χ2n) is 3.98. The smallest absolute Gasteiger partial charge is 0.357 e. The molecule has 0 bridgehead atoms. The van der Waals surface area contributed by atoms with Gasteiger partial charge in [0.25, 0.3) is 0 Å². The summed E-state index contributed by atoms with van der Waals surface area (Å²) in [7, 11) is 0. The van der Waals surface area contributed by atoms with E-state index in [0.717, 1.165) is 15.2 Å². The van der Waals surface area contributed by atoms with Gasteiger partial charge in [0.05, 0.1) is 6.10 Å². The van der Waals surface area contributed by atoms with Crippen molar-refractivity contribution in [1.82, 2.24) is 4.98 Å². The lowest BCUT2D eigenvalue weighted by Crippen LogP contribution is -2.12. The van der Waals surface area contributed by atoms with Crippen LogP contribution in [0.1, 0.15) is 24.3 Å². The van der Waals surface area contributed by atoms with Crippen molar-refractivity contribution in [2.45, 2.75) is 20.0 Å². The summed E-state index contributed by atoms with van der Waals surface area (Å²) >= 11 is 3.44. The SMILES string of the molecule is CC(C)OC(=O)c1cc2cccc(Br)c2cn1. The maximum absolute atomic E-state index is 11.7. The zero-order valence-corrected chi connectivity index (χ0v) is 11.2. The molecule has 1 heterocycles. The molecule has 2 rings (SSSR count). The summed E-state index contributed by atoms with van der Waals surface area (Å²) in [5.41, 5.74) is 0.337. The first-order valence-electron chi connectivity index (χ1n) is 5.33. The molecule has 4 heteroatoms. The van der Waals surface area contributed by atoms with Crippen molar-refractivity contribution in [2.24, 2.45) is 0 Å². The van der Waals surface area contributed by atoms with E-state index in [1.165, 1.54) is 0 Å². The molecule has 2 aromatic rings. The van der Waals surface area contributed by atoms with Crippen molar-refractivity contribution in [3.63, 3.8) is 0 Å². The van der Waals surface area contributed by atoms with Crippen LogP contribution in [0.25, 0.3) is 10.8 Å². The zero-order valence-electron chi connectivity index (χ0n) is 9.61. The van der Waals surface area contributed by atoms with Gasteiger partial charge < -0.3 is 4.74 Å². The van der Waals surface area contributed by atoms with E-state index in [0.29, 0.717) is 5.69 Å². The van der Waals surface area contributed by atoms with E-state index in [1.54, 1.807) is 12.3 Å². The number of rotatable bonds is 2. The maximum Gasteiger partial charge on any atom is 0.357 e. The second kappa shape index (κ2) is 4.84. The Morgan fingerprint density at radius 2 is 2.18 bits per heavy atom. The van der Waals surface area contributed by atoms with Crippen LogP contribution >= 0.6 is 15.9 Å². The molecule has 0 aliphatic heterocycles. The van der Waals surface area contributed by atoms with E-state index < -0.39 is 0 Å². The number of carbonyl (C=O) groups is 1. The zero-order chi connectivity index (χ0) is 12.4. The van der Waals surface area contributed by atoms with Gasteiger partial charge in [-0.1, -0.05) is 28.1 Å². The third kappa shape index (κ3) is 2.64. The number of esters is 1. The lowest BCUT2D eigenvalue weighted by molar-refractivity contribution is 0.0371. The van der Waals surface area contributed by atoms with Crippen LogP contribution < -0.4 is 0 Å². The molecule has 0 amide bonds. The van der Waals surface area contributed by atoms with Crippen LogP contribution in [0, 0.1) is 0 Å². The molecule has 0 radical (unpaired) electrons. The fourth-order valence-corrected chi connectivity index (χ4v) is 2.00. The first-order valence-corrected chi connectivity index (χ1v) is 6.12. The summed E-state index contributed by atoms with van der Waals surface area (Å²) < 4.78 is 6.07. The van der Waals surface area contributed by atoms with Crippen LogP contribution in [-0.2, 0) is 4.74 Å². The topological polar surface area (TPSA) is 39.2 Å². The summed E-state index contributed by atoms with van der Waals surface area (Å²) in [6.07, 6.45) is 1.54. The average molecular weight is 294 g/mol. The number of fused-ring (bicyclic) bond motifs is 1. The summed E-state index contributed by atoms with van der Waals surface area (Å²) in [4.78, 5) is 15.8. The molecule has 3 nitrogen and oxygen atoms in total. The minimum Gasteiger partial charge on any atom is -0.458 e. The lowest BCUT2D eigenvalue weighted by Gasteiger charge is -2.08. The Balaban J connectivity index is 2.42. The number of benzene rings is 1. The van der Waals surface area contributed by atoms with Gasteiger partial charge in [0.1, 0.15) is 5.69 Å². The van der Waals surface area contributed by atoms with Crippen LogP contribution in [0.2, 0.25) is 0 Å². The van der Waals surface area contributed by atoms with Crippen LogP contribution in [-0.4, -0.2) is 17.1 Å². The molecule has 0 atom stereocenters. The van der Waals surface area contributed by atoms with Crippen molar-refractivity contribution >= 4 is 32.7 Å². The van der Waals surface area contributed by atoms with Crippen molar-refractivity contribution in [2.75, 3.05) is 0 Å². The predicted molar refractivity (Wildman–Crippen MR) is 70.0 cm³/mol. The van der Waals surface area contributed by atoms with Gasteiger partial charge in [-0.2, -0.15) is 0 Å². The number of hydrogen-bond donors (Lipinski definition) is 0. The predicted octanol–water partition coefficient (Wildman–Crippen LogP) is 3.56. The van der Waals surface area contributed by atoms with E-state index in [1.807, 2.05) is 32.0 Å². The van der Waals surface area contributed by atoms with Gasteiger partial charge in [-0.05, 0) is 31.4 Å².